The Morgan fingerprint density at radius 3 is 2.46 bits per heavy atom. The molecule has 1 atom stereocenters. The number of ether oxygens (including phenoxy) is 3. The summed E-state index contributed by atoms with van der Waals surface area (Å²) in [6, 6.07) is 0.678. The molecule has 1 heterocycles. The van der Waals surface area contributed by atoms with E-state index >= 15 is 0 Å². The monoisotopic (exact) mass is 374 g/mol. The molecule has 1 aliphatic heterocycles. The van der Waals surface area contributed by atoms with Crippen LogP contribution in [0.4, 0.5) is 9.18 Å². The fourth-order valence-electron chi connectivity index (χ4n) is 2.73. The molecule has 0 aromatic rings. The number of alkyl halides is 1. The van der Waals surface area contributed by atoms with Gasteiger partial charge in [0.15, 0.2) is 5.67 Å². The molecule has 0 bridgehead atoms. The van der Waals surface area contributed by atoms with E-state index in [0.717, 1.165) is 13.0 Å². The van der Waals surface area contributed by atoms with Crippen molar-refractivity contribution in [1.29, 1.82) is 0 Å². The number of hydrogen-bond acceptors (Lipinski definition) is 5. The van der Waals surface area contributed by atoms with Crippen LogP contribution < -0.4 is 5.32 Å². The zero-order valence-corrected chi connectivity index (χ0v) is 16.7. The van der Waals surface area contributed by atoms with Crippen molar-refractivity contribution in [1.82, 2.24) is 10.2 Å². The second kappa shape index (κ2) is 9.33. The number of rotatable bonds is 10. The van der Waals surface area contributed by atoms with Crippen molar-refractivity contribution in [2.24, 2.45) is 0 Å². The van der Waals surface area contributed by atoms with Crippen LogP contribution in [-0.2, 0) is 14.2 Å². The van der Waals surface area contributed by atoms with Crippen LogP contribution >= 0.6 is 0 Å². The maximum absolute atomic E-state index is 14.4. The number of carbonyl (C=O) groups excluding carboxylic acids is 1. The summed E-state index contributed by atoms with van der Waals surface area (Å²) < 4.78 is 30.7. The molecule has 26 heavy (non-hydrogen) atoms. The van der Waals surface area contributed by atoms with Gasteiger partial charge < -0.3 is 24.4 Å². The summed E-state index contributed by atoms with van der Waals surface area (Å²) in [7, 11) is 0. The summed E-state index contributed by atoms with van der Waals surface area (Å²) in [5.74, 6) is 0. The first-order valence-electron chi connectivity index (χ1n) is 9.74. The molecule has 1 aliphatic carbocycles. The maximum Gasteiger partial charge on any atom is 0.410 e. The van der Waals surface area contributed by atoms with E-state index in [0.29, 0.717) is 25.7 Å². The van der Waals surface area contributed by atoms with Crippen molar-refractivity contribution in [2.45, 2.75) is 76.8 Å². The van der Waals surface area contributed by atoms with E-state index in [2.05, 4.69) is 5.32 Å². The lowest BCUT2D eigenvalue weighted by molar-refractivity contribution is -0.103. The highest BCUT2D eigenvalue weighted by Gasteiger charge is 2.36. The number of halogens is 1. The van der Waals surface area contributed by atoms with Crippen molar-refractivity contribution in [2.75, 3.05) is 39.5 Å². The average molecular weight is 374 g/mol. The van der Waals surface area contributed by atoms with Crippen LogP contribution in [-0.4, -0.2) is 73.9 Å². The Hall–Kier alpha value is -0.920. The molecule has 1 saturated carbocycles. The van der Waals surface area contributed by atoms with E-state index in [1.165, 1.54) is 26.2 Å². The second-order valence-electron chi connectivity index (χ2n) is 8.72. The molecule has 2 aliphatic rings. The highest BCUT2D eigenvalue weighted by molar-refractivity contribution is 5.69. The number of carbonyl (C=O) groups is 1. The first kappa shape index (κ1) is 21.4. The van der Waals surface area contributed by atoms with E-state index in [1.807, 2.05) is 20.8 Å². The van der Waals surface area contributed by atoms with Gasteiger partial charge in [-0.25, -0.2) is 9.18 Å². The Labute approximate surface area is 156 Å². The lowest BCUT2D eigenvalue weighted by atomic mass is 9.93. The first-order chi connectivity index (χ1) is 12.1. The van der Waals surface area contributed by atoms with Gasteiger partial charge in [0.2, 0.25) is 0 Å². The molecule has 0 aromatic heterocycles. The Morgan fingerprint density at radius 2 is 1.88 bits per heavy atom. The molecule has 0 radical (unpaired) electrons. The van der Waals surface area contributed by atoms with E-state index in [-0.39, 0.29) is 25.4 Å². The molecule has 0 spiro atoms. The van der Waals surface area contributed by atoms with Crippen LogP contribution in [0.25, 0.3) is 0 Å². The Balaban J connectivity index is 1.48. The molecule has 1 amide bonds. The highest BCUT2D eigenvalue weighted by atomic mass is 19.1. The van der Waals surface area contributed by atoms with Crippen LogP contribution in [0.3, 0.4) is 0 Å². The summed E-state index contributed by atoms with van der Waals surface area (Å²) >= 11 is 0. The standard InChI is InChI=1S/C19H35FN2O4/c1-18(2,3)26-17(23)22-11-16(12-22)25-14-19(4,20)13-24-10-6-9-21-15-7-5-8-15/h15-16,21H,5-14H2,1-4H3. The first-order valence-corrected chi connectivity index (χ1v) is 9.74. The van der Waals surface area contributed by atoms with E-state index < -0.39 is 11.3 Å². The average Bonchev–Trinajstić information content (AvgIpc) is 2.40. The van der Waals surface area contributed by atoms with Gasteiger partial charge in [0.05, 0.1) is 32.4 Å². The van der Waals surface area contributed by atoms with Crippen LogP contribution in [0, 0.1) is 0 Å². The van der Waals surface area contributed by atoms with Gasteiger partial charge in [0, 0.05) is 12.6 Å². The normalized spacial score (nSPS) is 21.0. The van der Waals surface area contributed by atoms with Crippen LogP contribution in [0.1, 0.15) is 53.4 Å². The predicted octanol–water partition coefficient (Wildman–Crippen LogP) is 2.90. The lowest BCUT2D eigenvalue weighted by Crippen LogP contribution is -2.56. The van der Waals surface area contributed by atoms with Gasteiger partial charge in [0.25, 0.3) is 0 Å². The molecular formula is C19H35FN2O4. The molecule has 0 aromatic carbocycles. The fraction of sp³-hybridized carbons (Fsp3) is 0.947. The van der Waals surface area contributed by atoms with E-state index in [1.54, 1.807) is 4.90 Å². The molecule has 7 heteroatoms. The van der Waals surface area contributed by atoms with Crippen LogP contribution in [0.2, 0.25) is 0 Å². The summed E-state index contributed by atoms with van der Waals surface area (Å²) in [4.78, 5) is 13.4. The fourth-order valence-corrected chi connectivity index (χ4v) is 2.73. The number of amides is 1. The quantitative estimate of drug-likeness (QED) is 0.596. The third-order valence-electron chi connectivity index (χ3n) is 4.53. The molecule has 1 unspecified atom stereocenters. The third-order valence-corrected chi connectivity index (χ3v) is 4.53. The Bertz CT molecular complexity index is 443. The lowest BCUT2D eigenvalue weighted by Gasteiger charge is -2.40. The summed E-state index contributed by atoms with van der Waals surface area (Å²) in [5, 5.41) is 3.46. The molecule has 2 fully saturated rings. The molecule has 2 rings (SSSR count). The van der Waals surface area contributed by atoms with Crippen LogP contribution in [0.5, 0.6) is 0 Å². The molecule has 1 N–H and O–H groups in total. The summed E-state index contributed by atoms with van der Waals surface area (Å²) in [5.41, 5.74) is -2.03. The van der Waals surface area contributed by atoms with Gasteiger partial charge in [-0.15, -0.1) is 0 Å². The zero-order valence-electron chi connectivity index (χ0n) is 16.7. The number of likely N-dealkylation sites (tertiary alicyclic amines) is 1. The van der Waals surface area contributed by atoms with Gasteiger partial charge in [-0.05, 0) is 53.5 Å². The number of nitrogens with one attached hydrogen (secondary N) is 1. The minimum absolute atomic E-state index is 0.0267. The Kier molecular flexibility index (Phi) is 7.67. The molecule has 6 nitrogen and oxygen atoms in total. The van der Waals surface area contributed by atoms with Gasteiger partial charge in [-0.3, -0.25) is 0 Å². The third kappa shape index (κ3) is 7.76. The van der Waals surface area contributed by atoms with Gasteiger partial charge in [0.1, 0.15) is 5.60 Å². The van der Waals surface area contributed by atoms with Gasteiger partial charge >= 0.3 is 6.09 Å². The van der Waals surface area contributed by atoms with Gasteiger partial charge in [-0.2, -0.15) is 0 Å². The smallest absolute Gasteiger partial charge is 0.410 e. The molecule has 1 saturated heterocycles. The molecular weight excluding hydrogens is 339 g/mol. The predicted molar refractivity (Wildman–Crippen MR) is 98.1 cm³/mol. The zero-order chi connectivity index (χ0) is 19.2. The minimum Gasteiger partial charge on any atom is -0.444 e. The Morgan fingerprint density at radius 1 is 1.19 bits per heavy atom. The largest absolute Gasteiger partial charge is 0.444 e. The van der Waals surface area contributed by atoms with E-state index in [9.17, 15) is 9.18 Å². The summed E-state index contributed by atoms with van der Waals surface area (Å²) in [6.07, 6.45) is 4.27. The minimum atomic E-state index is -1.52. The number of nitrogens with zero attached hydrogens (tertiary/aromatic N) is 1. The molecule has 152 valence electrons. The highest BCUT2D eigenvalue weighted by Crippen LogP contribution is 2.20. The second-order valence-corrected chi connectivity index (χ2v) is 8.72. The topological polar surface area (TPSA) is 60.0 Å². The van der Waals surface area contributed by atoms with Gasteiger partial charge in [-0.1, -0.05) is 6.42 Å². The number of hydrogen-bond donors (Lipinski definition) is 1. The SMILES string of the molecule is CC(F)(COCCCNC1CCC1)COC1CN(C(=O)OC(C)(C)C)C1. The van der Waals surface area contributed by atoms with Crippen molar-refractivity contribution in [3.63, 3.8) is 0 Å². The van der Waals surface area contributed by atoms with E-state index in [4.69, 9.17) is 14.2 Å². The van der Waals surface area contributed by atoms with Crippen molar-refractivity contribution in [3.05, 3.63) is 0 Å². The van der Waals surface area contributed by atoms with Crippen LogP contribution in [0.15, 0.2) is 0 Å². The maximum atomic E-state index is 14.4. The van der Waals surface area contributed by atoms with Crippen molar-refractivity contribution >= 4 is 6.09 Å². The summed E-state index contributed by atoms with van der Waals surface area (Å²) in [6.45, 7) is 9.34. The van der Waals surface area contributed by atoms with Crippen molar-refractivity contribution < 1.29 is 23.4 Å². The van der Waals surface area contributed by atoms with Crippen molar-refractivity contribution in [3.8, 4) is 0 Å².